The van der Waals surface area contributed by atoms with Gasteiger partial charge in [0, 0.05) is 13.1 Å². The van der Waals surface area contributed by atoms with Crippen molar-refractivity contribution in [3.05, 3.63) is 35.4 Å². The van der Waals surface area contributed by atoms with Gasteiger partial charge in [-0.3, -0.25) is 4.79 Å². The number of carbonyl (C=O) groups is 1. The number of nitrogens with two attached hydrogens (primary N) is 1. The highest BCUT2D eigenvalue weighted by molar-refractivity contribution is 5.83. The van der Waals surface area contributed by atoms with Crippen LogP contribution in [0, 0.1) is 18.3 Å². The van der Waals surface area contributed by atoms with Crippen molar-refractivity contribution in [2.75, 3.05) is 13.1 Å². The highest BCUT2D eigenvalue weighted by Crippen LogP contribution is 2.44. The molecular weight excluding hydrogens is 236 g/mol. The maximum Gasteiger partial charge on any atom is 0.227 e. The quantitative estimate of drug-likeness (QED) is 0.851. The van der Waals surface area contributed by atoms with Gasteiger partial charge in [0.25, 0.3) is 0 Å². The molecule has 2 rings (SSSR count). The van der Waals surface area contributed by atoms with Gasteiger partial charge in [0.1, 0.15) is 0 Å². The average molecular weight is 260 g/mol. The van der Waals surface area contributed by atoms with Crippen molar-refractivity contribution < 1.29 is 4.79 Å². The predicted octanol–water partition coefficient (Wildman–Crippen LogP) is 2.03. The van der Waals surface area contributed by atoms with E-state index >= 15 is 0 Å². The third-order valence-corrected chi connectivity index (χ3v) is 4.29. The van der Waals surface area contributed by atoms with Gasteiger partial charge < -0.3 is 11.1 Å². The van der Waals surface area contributed by atoms with E-state index in [1.807, 2.05) is 12.1 Å². The van der Waals surface area contributed by atoms with Gasteiger partial charge in [-0.25, -0.2) is 0 Å². The Kier molecular flexibility index (Phi) is 4.25. The number of hydrogen-bond acceptors (Lipinski definition) is 2. The summed E-state index contributed by atoms with van der Waals surface area (Å²) in [6.07, 6.45) is 2.74. The second kappa shape index (κ2) is 5.74. The topological polar surface area (TPSA) is 55.1 Å². The van der Waals surface area contributed by atoms with Crippen LogP contribution in [0.25, 0.3) is 0 Å². The fraction of sp³-hybridized carbons (Fsp3) is 0.562. The molecule has 19 heavy (non-hydrogen) atoms. The molecule has 0 unspecified atom stereocenters. The van der Waals surface area contributed by atoms with Gasteiger partial charge in [0.05, 0.1) is 5.41 Å². The van der Waals surface area contributed by atoms with Crippen molar-refractivity contribution in [1.82, 2.24) is 5.32 Å². The predicted molar refractivity (Wildman–Crippen MR) is 77.8 cm³/mol. The summed E-state index contributed by atoms with van der Waals surface area (Å²) in [4.78, 5) is 12.2. The van der Waals surface area contributed by atoms with Crippen LogP contribution in [0.1, 0.15) is 30.9 Å². The van der Waals surface area contributed by atoms with Crippen LogP contribution in [0.3, 0.4) is 0 Å². The number of carbonyl (C=O) groups excluding carboxylic acids is 1. The average Bonchev–Trinajstić information content (AvgIpc) is 2.37. The summed E-state index contributed by atoms with van der Waals surface area (Å²) >= 11 is 0. The first kappa shape index (κ1) is 14.1. The first-order valence-electron chi connectivity index (χ1n) is 7.10. The summed E-state index contributed by atoms with van der Waals surface area (Å²) in [5.41, 5.74) is 8.07. The lowest BCUT2D eigenvalue weighted by Gasteiger charge is -2.44. The monoisotopic (exact) mass is 260 g/mol. The zero-order valence-corrected chi connectivity index (χ0v) is 11.9. The Balaban J connectivity index is 1.83. The lowest BCUT2D eigenvalue weighted by Crippen LogP contribution is -2.53. The molecule has 3 nitrogen and oxygen atoms in total. The van der Waals surface area contributed by atoms with Gasteiger partial charge in [-0.05, 0) is 43.2 Å². The molecule has 1 amide bonds. The molecule has 3 heteroatoms. The largest absolute Gasteiger partial charge is 0.355 e. The Morgan fingerprint density at radius 1 is 1.42 bits per heavy atom. The van der Waals surface area contributed by atoms with E-state index < -0.39 is 0 Å². The molecule has 1 saturated carbocycles. The minimum atomic E-state index is -0.287. The van der Waals surface area contributed by atoms with Gasteiger partial charge in [0.15, 0.2) is 0 Å². The number of aryl methyl sites for hydroxylation is 1. The Hall–Kier alpha value is -1.35. The van der Waals surface area contributed by atoms with Crippen molar-refractivity contribution in [3.63, 3.8) is 0 Å². The third kappa shape index (κ3) is 2.98. The van der Waals surface area contributed by atoms with Crippen LogP contribution in [-0.4, -0.2) is 19.0 Å². The van der Waals surface area contributed by atoms with Crippen LogP contribution in [0.15, 0.2) is 24.3 Å². The van der Waals surface area contributed by atoms with Crippen LogP contribution < -0.4 is 11.1 Å². The molecule has 1 aliphatic rings. The fourth-order valence-electron chi connectivity index (χ4n) is 3.11. The summed E-state index contributed by atoms with van der Waals surface area (Å²) in [5.74, 6) is 0.771. The Labute approximate surface area is 115 Å². The smallest absolute Gasteiger partial charge is 0.227 e. The molecule has 104 valence electrons. The lowest BCUT2D eigenvalue weighted by molar-refractivity contribution is -0.138. The minimum absolute atomic E-state index is 0.140. The fourth-order valence-corrected chi connectivity index (χ4v) is 3.11. The first-order valence-corrected chi connectivity index (χ1v) is 7.10. The van der Waals surface area contributed by atoms with Crippen LogP contribution >= 0.6 is 0 Å². The van der Waals surface area contributed by atoms with Crippen molar-refractivity contribution >= 4 is 5.91 Å². The molecule has 1 aliphatic carbocycles. The second-order valence-electron chi connectivity index (χ2n) is 5.93. The maximum atomic E-state index is 12.2. The molecule has 0 spiro atoms. The van der Waals surface area contributed by atoms with Crippen molar-refractivity contribution in [3.8, 4) is 0 Å². The van der Waals surface area contributed by atoms with Crippen molar-refractivity contribution in [2.45, 2.75) is 33.1 Å². The summed E-state index contributed by atoms with van der Waals surface area (Å²) < 4.78 is 0. The molecule has 0 aromatic heterocycles. The number of hydrogen-bond donors (Lipinski definition) is 2. The van der Waals surface area contributed by atoms with Crippen molar-refractivity contribution in [2.24, 2.45) is 17.1 Å². The molecule has 0 radical (unpaired) electrons. The molecule has 0 saturated heterocycles. The first-order chi connectivity index (χ1) is 9.07. The number of rotatable bonds is 5. The summed E-state index contributed by atoms with van der Waals surface area (Å²) in [6, 6.07) is 8.30. The van der Waals surface area contributed by atoms with Crippen LogP contribution in [0.4, 0.5) is 0 Å². The van der Waals surface area contributed by atoms with E-state index in [1.54, 1.807) is 0 Å². The van der Waals surface area contributed by atoms with E-state index in [0.29, 0.717) is 19.0 Å². The molecule has 1 aromatic rings. The van der Waals surface area contributed by atoms with E-state index in [4.69, 9.17) is 5.73 Å². The number of benzene rings is 1. The van der Waals surface area contributed by atoms with Crippen LogP contribution in [0.2, 0.25) is 0 Å². The van der Waals surface area contributed by atoms with Crippen LogP contribution in [-0.2, 0) is 11.2 Å². The summed E-state index contributed by atoms with van der Waals surface area (Å²) in [7, 11) is 0. The molecule has 0 heterocycles. The minimum Gasteiger partial charge on any atom is -0.355 e. The number of amides is 1. The summed E-state index contributed by atoms with van der Waals surface area (Å²) in [6.45, 7) is 5.44. The SMILES string of the molecule is Cc1ccccc1CCNC(=O)C1(CN)CC(C)C1. The molecule has 3 N–H and O–H groups in total. The Morgan fingerprint density at radius 3 is 2.68 bits per heavy atom. The zero-order chi connectivity index (χ0) is 13.9. The van der Waals surface area contributed by atoms with Crippen LogP contribution in [0.5, 0.6) is 0 Å². The van der Waals surface area contributed by atoms with E-state index in [1.165, 1.54) is 11.1 Å². The Morgan fingerprint density at radius 2 is 2.11 bits per heavy atom. The molecule has 1 aromatic carbocycles. The zero-order valence-electron chi connectivity index (χ0n) is 11.9. The van der Waals surface area contributed by atoms with Gasteiger partial charge in [-0.2, -0.15) is 0 Å². The van der Waals surface area contributed by atoms with E-state index in [-0.39, 0.29) is 11.3 Å². The molecule has 0 bridgehead atoms. The van der Waals surface area contributed by atoms with Gasteiger partial charge in [0.2, 0.25) is 5.91 Å². The van der Waals surface area contributed by atoms with E-state index in [9.17, 15) is 4.79 Å². The van der Waals surface area contributed by atoms with Crippen molar-refractivity contribution in [1.29, 1.82) is 0 Å². The summed E-state index contributed by atoms with van der Waals surface area (Å²) in [5, 5.41) is 3.05. The van der Waals surface area contributed by atoms with Gasteiger partial charge in [-0.1, -0.05) is 31.2 Å². The standard InChI is InChI=1S/C16H24N2O/c1-12-9-16(10-12,11-17)15(19)18-8-7-14-6-4-3-5-13(14)2/h3-6,12H,7-11,17H2,1-2H3,(H,18,19). The van der Waals surface area contributed by atoms with E-state index in [0.717, 1.165) is 19.3 Å². The molecule has 0 aliphatic heterocycles. The molecule has 0 atom stereocenters. The maximum absolute atomic E-state index is 12.2. The molecule has 1 fully saturated rings. The molecular formula is C16H24N2O. The normalized spacial score (nSPS) is 25.7. The second-order valence-corrected chi connectivity index (χ2v) is 5.93. The third-order valence-electron chi connectivity index (χ3n) is 4.29. The lowest BCUT2D eigenvalue weighted by atomic mass is 9.62. The van der Waals surface area contributed by atoms with Gasteiger partial charge >= 0.3 is 0 Å². The van der Waals surface area contributed by atoms with Gasteiger partial charge in [-0.15, -0.1) is 0 Å². The Bertz CT molecular complexity index is 450. The number of nitrogens with one attached hydrogen (secondary N) is 1. The highest BCUT2D eigenvalue weighted by Gasteiger charge is 2.46. The van der Waals surface area contributed by atoms with E-state index in [2.05, 4.69) is 31.3 Å². The highest BCUT2D eigenvalue weighted by atomic mass is 16.2.